The van der Waals surface area contributed by atoms with Crippen molar-refractivity contribution < 1.29 is 9.59 Å². The Morgan fingerprint density at radius 1 is 1.21 bits per heavy atom. The fourth-order valence-corrected chi connectivity index (χ4v) is 3.43. The molecule has 9 heteroatoms. The Morgan fingerprint density at radius 3 is 2.41 bits per heavy atom. The number of rotatable bonds is 10. The lowest BCUT2D eigenvalue weighted by Gasteiger charge is -2.21. The van der Waals surface area contributed by atoms with E-state index in [1.54, 1.807) is 7.05 Å². The van der Waals surface area contributed by atoms with Gasteiger partial charge in [-0.25, -0.2) is 0 Å². The van der Waals surface area contributed by atoms with E-state index in [4.69, 9.17) is 11.5 Å². The summed E-state index contributed by atoms with van der Waals surface area (Å²) >= 11 is 4.65. The lowest BCUT2D eigenvalue weighted by Crippen LogP contribution is -2.52. The van der Waals surface area contributed by atoms with E-state index in [-0.39, 0.29) is 11.8 Å². The summed E-state index contributed by atoms with van der Waals surface area (Å²) in [6, 6.07) is 8.42. The molecule has 0 saturated heterocycles. The van der Waals surface area contributed by atoms with Crippen molar-refractivity contribution in [2.45, 2.75) is 37.8 Å². The van der Waals surface area contributed by atoms with Gasteiger partial charge in [-0.3, -0.25) is 14.6 Å². The number of thioether (sulfide) groups is 1. The van der Waals surface area contributed by atoms with Crippen molar-refractivity contribution in [1.82, 2.24) is 10.6 Å². The highest BCUT2D eigenvalue weighted by atomic mass is 79.9. The van der Waals surface area contributed by atoms with E-state index in [1.165, 1.54) is 11.8 Å². The zero-order valence-corrected chi connectivity index (χ0v) is 19.0. The molecule has 1 rings (SSSR count). The molecule has 0 radical (unpaired) electrons. The van der Waals surface area contributed by atoms with E-state index in [0.717, 1.165) is 5.56 Å². The predicted octanol–water partition coefficient (Wildman–Crippen LogP) is 1.61. The number of hydrogen-bond acceptors (Lipinski definition) is 6. The first-order valence-corrected chi connectivity index (χ1v) is 11.2. The summed E-state index contributed by atoms with van der Waals surface area (Å²) in [5, 5.41) is 6.02. The zero-order chi connectivity index (χ0) is 22.1. The molecule has 0 unspecified atom stereocenters. The summed E-state index contributed by atoms with van der Waals surface area (Å²) in [6.07, 6.45) is 10.3. The van der Waals surface area contributed by atoms with Crippen molar-refractivity contribution >= 4 is 44.7 Å². The van der Waals surface area contributed by atoms with Crippen LogP contribution in [0, 0.1) is 12.8 Å². The molecule has 0 saturated carbocycles. The van der Waals surface area contributed by atoms with Gasteiger partial charge in [0.25, 0.3) is 0 Å². The van der Waals surface area contributed by atoms with Crippen LogP contribution in [0.4, 0.5) is 0 Å². The van der Waals surface area contributed by atoms with Crippen molar-refractivity contribution in [1.29, 1.82) is 0 Å². The van der Waals surface area contributed by atoms with Gasteiger partial charge >= 0.3 is 0 Å². The summed E-state index contributed by atoms with van der Waals surface area (Å²) in [4.78, 5) is 29.1. The Bertz CT molecular complexity index is 655. The smallest absolute Gasteiger partial charge is 0.248 e. The summed E-state index contributed by atoms with van der Waals surface area (Å²) in [7, 11) is 1.60. The third-order valence-electron chi connectivity index (χ3n) is 3.88. The number of amidine groups is 1. The Balaban J connectivity index is 0.00000379. The fraction of sp³-hybridized carbons (Fsp3) is 0.450. The molecule has 0 aliphatic carbocycles. The second-order valence-electron chi connectivity index (χ2n) is 5.89. The molecule has 1 aromatic carbocycles. The molecule has 0 fully saturated rings. The van der Waals surface area contributed by atoms with Gasteiger partial charge in [0, 0.05) is 7.05 Å². The van der Waals surface area contributed by atoms with Gasteiger partial charge in [0.1, 0.15) is 6.04 Å². The first-order chi connectivity index (χ1) is 14.0. The molecule has 7 nitrogen and oxygen atoms in total. The van der Waals surface area contributed by atoms with Crippen LogP contribution in [0.5, 0.6) is 0 Å². The fourth-order valence-electron chi connectivity index (χ4n) is 2.37. The summed E-state index contributed by atoms with van der Waals surface area (Å²) in [6.45, 7) is 0.471. The number of nitrogens with zero attached hydrogens (tertiary/aromatic N) is 1. The minimum absolute atomic E-state index is 0.306. The molecule has 2 amide bonds. The van der Waals surface area contributed by atoms with Crippen molar-refractivity contribution in [3.05, 3.63) is 35.9 Å². The van der Waals surface area contributed by atoms with Crippen LogP contribution in [0.25, 0.3) is 0 Å². The minimum Gasteiger partial charge on any atom is -0.343 e. The van der Waals surface area contributed by atoms with Crippen LogP contribution in [0.3, 0.4) is 0 Å². The third kappa shape index (κ3) is 11.7. The summed E-state index contributed by atoms with van der Waals surface area (Å²) in [5.41, 5.74) is 12.5. The van der Waals surface area contributed by atoms with Crippen LogP contribution in [-0.4, -0.2) is 47.3 Å². The lowest BCUT2D eigenvalue weighted by molar-refractivity contribution is -0.129. The number of hydrogen-bond donors (Lipinski definition) is 4. The lowest BCUT2D eigenvalue weighted by atomic mass is 10.0. The quantitative estimate of drug-likeness (QED) is 0.174. The van der Waals surface area contributed by atoms with Crippen LogP contribution in [0.1, 0.15) is 24.8 Å². The zero-order valence-electron chi connectivity index (χ0n) is 16.6. The minimum atomic E-state index is -0.700. The van der Waals surface area contributed by atoms with Gasteiger partial charge in [-0.05, 0) is 37.8 Å². The maximum atomic E-state index is 12.7. The van der Waals surface area contributed by atoms with E-state index in [9.17, 15) is 9.59 Å². The first kappa shape index (κ1) is 27.1. The summed E-state index contributed by atoms with van der Waals surface area (Å²) in [5.74, 6) is -0.654. The van der Waals surface area contributed by atoms with Gasteiger partial charge in [0.15, 0.2) is 5.17 Å². The Morgan fingerprint density at radius 2 is 1.86 bits per heavy atom. The average Bonchev–Trinajstić information content (AvgIpc) is 2.76. The van der Waals surface area contributed by atoms with Gasteiger partial charge in [-0.2, -0.15) is 0 Å². The van der Waals surface area contributed by atoms with Gasteiger partial charge in [0.2, 0.25) is 11.8 Å². The molecular weight excluding hydrogens is 454 g/mol. The average molecular weight is 484 g/mol. The monoisotopic (exact) mass is 483 g/mol. The van der Waals surface area contributed by atoms with Crippen molar-refractivity contribution in [3.8, 4) is 12.8 Å². The number of amides is 2. The highest BCUT2D eigenvalue weighted by Crippen LogP contribution is 2.09. The normalized spacial score (nSPS) is 12.8. The van der Waals surface area contributed by atoms with Crippen LogP contribution >= 0.6 is 27.7 Å². The van der Waals surface area contributed by atoms with Crippen molar-refractivity contribution in [2.24, 2.45) is 16.5 Å². The van der Waals surface area contributed by atoms with Crippen LogP contribution < -0.4 is 22.1 Å². The molecule has 29 heavy (non-hydrogen) atoms. The number of aliphatic imine (C=N–C) groups is 1. The number of terminal acetylenes is 1. The van der Waals surface area contributed by atoms with E-state index in [2.05, 4.69) is 44.4 Å². The second kappa shape index (κ2) is 17.0. The van der Waals surface area contributed by atoms with Crippen molar-refractivity contribution in [2.75, 3.05) is 18.3 Å². The first-order valence-electron chi connectivity index (χ1n) is 9.11. The van der Waals surface area contributed by atoms with Gasteiger partial charge in [-0.15, -0.1) is 12.8 Å². The summed E-state index contributed by atoms with van der Waals surface area (Å²) < 4.78 is 0.602. The molecule has 6 N–H and O–H groups in total. The second-order valence-corrected chi connectivity index (χ2v) is 8.16. The van der Waals surface area contributed by atoms with Gasteiger partial charge < -0.3 is 22.1 Å². The maximum absolute atomic E-state index is 12.7. The van der Waals surface area contributed by atoms with E-state index in [0.29, 0.717) is 42.1 Å². The number of halogens is 1. The third-order valence-corrected chi connectivity index (χ3v) is 5.23. The van der Waals surface area contributed by atoms with Crippen LogP contribution in [0.15, 0.2) is 35.3 Å². The molecule has 0 heterocycles. The van der Waals surface area contributed by atoms with E-state index >= 15 is 0 Å². The Kier molecular flexibility index (Phi) is 15.9. The number of benzene rings is 1. The largest absolute Gasteiger partial charge is 0.343 e. The Labute approximate surface area is 186 Å². The highest BCUT2D eigenvalue weighted by Gasteiger charge is 2.24. The highest BCUT2D eigenvalue weighted by molar-refractivity contribution is 9.11. The maximum Gasteiger partial charge on any atom is 0.248 e. The van der Waals surface area contributed by atoms with Gasteiger partial charge in [-0.1, -0.05) is 58.0 Å². The topological polar surface area (TPSA) is 123 Å². The Hall–Kier alpha value is -1.86. The standard InChI is InChI=1S/C18H28BrN5O2S.C2H2/c1-22-18(27-12-19)24-17(26)15(10-9-13-6-3-2-4-7-13)23-16(25)14(21)8-5-11-20;1-2/h2-4,6-7,14-15H,5,8-12,20-21H2,1H3,(H,23,25)(H,22,24,26);1-2H/t14-,15+;/m0./s1. The predicted molar refractivity (Wildman–Crippen MR) is 126 cm³/mol. The van der Waals surface area contributed by atoms with Crippen LogP contribution in [-0.2, 0) is 16.0 Å². The number of nitrogens with two attached hydrogens (primary N) is 2. The molecule has 0 bridgehead atoms. The molecular formula is C20H30BrN5O2S. The molecule has 1 aromatic rings. The van der Waals surface area contributed by atoms with E-state index in [1.807, 2.05) is 30.3 Å². The molecule has 0 aromatic heterocycles. The number of alkyl halides is 1. The number of carbonyl (C=O) groups is 2. The number of aryl methyl sites for hydroxylation is 1. The molecule has 160 valence electrons. The molecule has 2 atom stereocenters. The number of carbonyl (C=O) groups excluding carboxylic acids is 2. The molecule has 0 aliphatic rings. The number of nitrogens with one attached hydrogen (secondary N) is 2. The molecule has 0 aliphatic heterocycles. The van der Waals surface area contributed by atoms with Crippen LogP contribution in [0.2, 0.25) is 0 Å². The molecule has 0 spiro atoms. The SMILES string of the molecule is C#C.CN=C(NC(=O)[C@@H](CCc1ccccc1)NC(=O)[C@@H](N)CCCN)SCBr. The van der Waals surface area contributed by atoms with Gasteiger partial charge in [0.05, 0.1) is 10.7 Å². The van der Waals surface area contributed by atoms with E-state index < -0.39 is 12.1 Å². The van der Waals surface area contributed by atoms with Crippen molar-refractivity contribution in [3.63, 3.8) is 0 Å².